The van der Waals surface area contributed by atoms with Gasteiger partial charge in [0, 0.05) is 27.2 Å². The first-order valence-corrected chi connectivity index (χ1v) is 8.39. The first-order chi connectivity index (χ1) is 11.0. The topological polar surface area (TPSA) is 42.0 Å². The molecule has 5 heteroatoms. The fraction of sp³-hybridized carbons (Fsp3) is 0.111. The Hall–Kier alpha value is -2.17. The van der Waals surface area contributed by atoms with E-state index < -0.39 is 0 Å². The van der Waals surface area contributed by atoms with Crippen LogP contribution < -0.4 is 5.32 Å². The molecule has 0 aliphatic rings. The van der Waals surface area contributed by atoms with Crippen LogP contribution in [-0.2, 0) is 0 Å². The van der Waals surface area contributed by atoms with Gasteiger partial charge >= 0.3 is 0 Å². The van der Waals surface area contributed by atoms with E-state index in [1.54, 1.807) is 6.92 Å². The molecular formula is C18H15ClN2OS. The van der Waals surface area contributed by atoms with Gasteiger partial charge < -0.3 is 5.32 Å². The lowest BCUT2D eigenvalue weighted by molar-refractivity contribution is 0.101. The number of hydrogen-bond acceptors (Lipinski definition) is 4. The molecule has 0 amide bonds. The number of carbonyl (C=O) groups excluding carboxylic acids is 1. The number of Topliss-reactive ketones (excluding diaryl/α,β-unsaturated/α-hetero) is 1. The first kappa shape index (κ1) is 15.7. The van der Waals surface area contributed by atoms with Gasteiger partial charge in [0.1, 0.15) is 0 Å². The van der Waals surface area contributed by atoms with Gasteiger partial charge in [0.25, 0.3) is 0 Å². The second-order valence-corrected chi connectivity index (χ2v) is 6.53. The molecule has 0 aliphatic carbocycles. The van der Waals surface area contributed by atoms with Gasteiger partial charge in [-0.15, -0.1) is 11.3 Å². The molecule has 0 radical (unpaired) electrons. The lowest BCUT2D eigenvalue weighted by atomic mass is 10.1. The van der Waals surface area contributed by atoms with Crippen molar-refractivity contribution in [3.05, 3.63) is 64.0 Å². The third-order valence-corrected chi connectivity index (χ3v) is 4.68. The summed E-state index contributed by atoms with van der Waals surface area (Å²) in [4.78, 5) is 15.9. The van der Waals surface area contributed by atoms with Crippen LogP contribution in [0, 0.1) is 6.92 Å². The zero-order valence-corrected chi connectivity index (χ0v) is 14.3. The van der Waals surface area contributed by atoms with Crippen molar-refractivity contribution in [1.29, 1.82) is 0 Å². The van der Waals surface area contributed by atoms with Crippen molar-refractivity contribution in [2.24, 2.45) is 0 Å². The van der Waals surface area contributed by atoms with Crippen molar-refractivity contribution in [1.82, 2.24) is 4.98 Å². The Labute approximate surface area is 144 Å². The predicted octanol–water partition coefficient (Wildman–Crippen LogP) is 5.72. The summed E-state index contributed by atoms with van der Waals surface area (Å²) in [6, 6.07) is 13.3. The lowest BCUT2D eigenvalue weighted by Gasteiger charge is -2.03. The summed E-state index contributed by atoms with van der Waals surface area (Å²) in [7, 11) is 0. The Kier molecular flexibility index (Phi) is 4.46. The Morgan fingerprint density at radius 2 is 1.91 bits per heavy atom. The number of nitrogens with one attached hydrogen (secondary N) is 1. The highest BCUT2D eigenvalue weighted by Crippen LogP contribution is 2.29. The summed E-state index contributed by atoms with van der Waals surface area (Å²) in [5.74, 6) is 0.0613. The first-order valence-electron chi connectivity index (χ1n) is 7.13. The summed E-state index contributed by atoms with van der Waals surface area (Å²) < 4.78 is 0. The maximum atomic E-state index is 11.3. The number of ketones is 1. The number of anilines is 2. The van der Waals surface area contributed by atoms with Gasteiger partial charge in [-0.05, 0) is 55.8 Å². The van der Waals surface area contributed by atoms with Crippen molar-refractivity contribution in [2.45, 2.75) is 13.8 Å². The maximum Gasteiger partial charge on any atom is 0.187 e. The Bertz CT molecular complexity index is 856. The van der Waals surface area contributed by atoms with Crippen LogP contribution in [0.2, 0.25) is 5.02 Å². The molecule has 0 bridgehead atoms. The van der Waals surface area contributed by atoms with Crippen LogP contribution >= 0.6 is 22.9 Å². The van der Waals surface area contributed by atoms with E-state index in [1.165, 1.54) is 11.3 Å². The van der Waals surface area contributed by atoms with Gasteiger partial charge in [-0.1, -0.05) is 17.7 Å². The van der Waals surface area contributed by atoms with Crippen LogP contribution in [0.3, 0.4) is 0 Å². The van der Waals surface area contributed by atoms with E-state index in [0.717, 1.165) is 32.7 Å². The van der Waals surface area contributed by atoms with E-state index in [2.05, 4.69) is 10.3 Å². The number of nitrogens with zero attached hydrogens (tertiary/aromatic N) is 1. The molecule has 1 aromatic heterocycles. The van der Waals surface area contributed by atoms with Gasteiger partial charge in [0.05, 0.1) is 5.69 Å². The number of aryl methyl sites for hydroxylation is 1. The molecule has 0 saturated heterocycles. The number of aromatic nitrogens is 1. The van der Waals surface area contributed by atoms with E-state index in [1.807, 2.05) is 54.8 Å². The molecule has 0 aliphatic heterocycles. The molecule has 3 rings (SSSR count). The summed E-state index contributed by atoms with van der Waals surface area (Å²) >= 11 is 7.60. The van der Waals surface area contributed by atoms with Gasteiger partial charge in [0.2, 0.25) is 0 Å². The summed E-state index contributed by atoms with van der Waals surface area (Å²) in [5.41, 5.74) is 4.60. The lowest BCUT2D eigenvalue weighted by Crippen LogP contribution is -1.93. The van der Waals surface area contributed by atoms with Gasteiger partial charge in [0.15, 0.2) is 10.9 Å². The number of rotatable bonds is 4. The number of benzene rings is 2. The van der Waals surface area contributed by atoms with Gasteiger partial charge in [-0.3, -0.25) is 4.79 Å². The normalized spacial score (nSPS) is 10.6. The number of thiazole rings is 1. The molecular weight excluding hydrogens is 328 g/mol. The van der Waals surface area contributed by atoms with E-state index in [-0.39, 0.29) is 5.78 Å². The Morgan fingerprint density at radius 1 is 1.17 bits per heavy atom. The molecule has 2 aromatic carbocycles. The number of carbonyl (C=O) groups is 1. The minimum Gasteiger partial charge on any atom is -0.332 e. The van der Waals surface area contributed by atoms with Crippen molar-refractivity contribution in [3.63, 3.8) is 0 Å². The van der Waals surface area contributed by atoms with Crippen LogP contribution in [0.4, 0.5) is 10.8 Å². The minimum absolute atomic E-state index is 0.0613. The predicted molar refractivity (Wildman–Crippen MR) is 97.0 cm³/mol. The molecule has 0 fully saturated rings. The summed E-state index contributed by atoms with van der Waals surface area (Å²) in [6.45, 7) is 3.54. The van der Waals surface area contributed by atoms with E-state index in [4.69, 9.17) is 11.6 Å². The molecule has 116 valence electrons. The van der Waals surface area contributed by atoms with E-state index in [9.17, 15) is 4.79 Å². The zero-order valence-electron chi connectivity index (χ0n) is 12.8. The second kappa shape index (κ2) is 6.52. The van der Waals surface area contributed by atoms with Crippen LogP contribution in [0.25, 0.3) is 11.3 Å². The molecule has 0 atom stereocenters. The number of halogens is 1. The fourth-order valence-electron chi connectivity index (χ4n) is 2.18. The monoisotopic (exact) mass is 342 g/mol. The van der Waals surface area contributed by atoms with E-state index in [0.29, 0.717) is 5.56 Å². The highest BCUT2D eigenvalue weighted by molar-refractivity contribution is 7.14. The van der Waals surface area contributed by atoms with Gasteiger partial charge in [-0.25, -0.2) is 4.98 Å². The molecule has 23 heavy (non-hydrogen) atoms. The van der Waals surface area contributed by atoms with Crippen molar-refractivity contribution in [3.8, 4) is 11.3 Å². The summed E-state index contributed by atoms with van der Waals surface area (Å²) in [6.07, 6.45) is 0. The third-order valence-electron chi connectivity index (χ3n) is 3.50. The van der Waals surface area contributed by atoms with Crippen molar-refractivity contribution >= 4 is 39.5 Å². The average molecular weight is 343 g/mol. The summed E-state index contributed by atoms with van der Waals surface area (Å²) in [5, 5.41) is 6.83. The average Bonchev–Trinajstić information content (AvgIpc) is 2.99. The van der Waals surface area contributed by atoms with Gasteiger partial charge in [-0.2, -0.15) is 0 Å². The van der Waals surface area contributed by atoms with Crippen LogP contribution in [0.15, 0.2) is 47.8 Å². The standard InChI is InChI=1S/C18H15ClN2OS/c1-11-9-14(5-8-16(11)19)17-10-23-18(21-17)20-15-6-3-13(4-7-15)12(2)22/h3-10H,1-2H3,(H,20,21). The van der Waals surface area contributed by atoms with Crippen LogP contribution in [0.1, 0.15) is 22.8 Å². The second-order valence-electron chi connectivity index (χ2n) is 5.26. The highest BCUT2D eigenvalue weighted by atomic mass is 35.5. The quantitative estimate of drug-likeness (QED) is 0.617. The van der Waals surface area contributed by atoms with Crippen molar-refractivity contribution in [2.75, 3.05) is 5.32 Å². The highest BCUT2D eigenvalue weighted by Gasteiger charge is 2.07. The molecule has 1 heterocycles. The molecule has 0 spiro atoms. The minimum atomic E-state index is 0.0613. The van der Waals surface area contributed by atoms with Crippen LogP contribution in [0.5, 0.6) is 0 Å². The zero-order chi connectivity index (χ0) is 16.4. The fourth-order valence-corrected chi connectivity index (χ4v) is 3.04. The van der Waals surface area contributed by atoms with Crippen LogP contribution in [-0.4, -0.2) is 10.8 Å². The molecule has 0 unspecified atom stereocenters. The largest absolute Gasteiger partial charge is 0.332 e. The van der Waals surface area contributed by atoms with E-state index >= 15 is 0 Å². The molecule has 3 nitrogen and oxygen atoms in total. The molecule has 0 saturated carbocycles. The third kappa shape index (κ3) is 3.60. The van der Waals surface area contributed by atoms with Crippen molar-refractivity contribution < 1.29 is 4.79 Å². The Morgan fingerprint density at radius 3 is 2.57 bits per heavy atom. The molecule has 3 aromatic rings. The SMILES string of the molecule is CC(=O)c1ccc(Nc2nc(-c3ccc(Cl)c(C)c3)cs2)cc1. The number of hydrogen-bond donors (Lipinski definition) is 1. The maximum absolute atomic E-state index is 11.3. The smallest absolute Gasteiger partial charge is 0.187 e. The Balaban J connectivity index is 1.79. The molecule has 1 N–H and O–H groups in total.